The van der Waals surface area contributed by atoms with Crippen LogP contribution in [0.1, 0.15) is 11.3 Å². The molecule has 1 aromatic heterocycles. The van der Waals surface area contributed by atoms with Gasteiger partial charge in [0.15, 0.2) is 5.76 Å². The fourth-order valence-corrected chi connectivity index (χ4v) is 1.65. The van der Waals surface area contributed by atoms with Crippen molar-refractivity contribution in [2.24, 2.45) is 5.10 Å². The molecule has 8 heteroatoms. The molecule has 1 amide bonds. The standard InChI is InChI=1S/C14H13N3O5/c1-21-11-4-2-10(3-5-11)8-13(18)16-15-9-12-6-7-14(22-12)17(19)20/h2-7,9H,8H2,1H3,(H,16,18)/b15-9+. The van der Waals surface area contributed by atoms with Crippen molar-refractivity contribution in [2.45, 2.75) is 6.42 Å². The minimum Gasteiger partial charge on any atom is -0.497 e. The van der Waals surface area contributed by atoms with E-state index in [1.165, 1.54) is 18.3 Å². The first-order valence-corrected chi connectivity index (χ1v) is 6.27. The van der Waals surface area contributed by atoms with Crippen molar-refractivity contribution in [3.05, 3.63) is 57.8 Å². The molecule has 0 bridgehead atoms. The second-order valence-electron chi connectivity index (χ2n) is 4.25. The molecule has 0 fully saturated rings. The lowest BCUT2D eigenvalue weighted by Gasteiger charge is -2.02. The van der Waals surface area contributed by atoms with Gasteiger partial charge in [-0.3, -0.25) is 14.9 Å². The molecule has 0 radical (unpaired) electrons. The van der Waals surface area contributed by atoms with Crippen LogP contribution in [0, 0.1) is 10.1 Å². The summed E-state index contributed by atoms with van der Waals surface area (Å²) in [7, 11) is 1.56. The van der Waals surface area contributed by atoms with Gasteiger partial charge >= 0.3 is 5.88 Å². The molecule has 0 saturated heterocycles. The molecule has 0 saturated carbocycles. The number of carbonyl (C=O) groups excluding carboxylic acids is 1. The lowest BCUT2D eigenvalue weighted by Crippen LogP contribution is -2.19. The number of nitrogens with zero attached hydrogens (tertiary/aromatic N) is 2. The highest BCUT2D eigenvalue weighted by molar-refractivity contribution is 5.81. The summed E-state index contributed by atoms with van der Waals surface area (Å²) in [5.74, 6) is 0.187. The summed E-state index contributed by atoms with van der Waals surface area (Å²) < 4.78 is 9.88. The van der Waals surface area contributed by atoms with Gasteiger partial charge in [-0.15, -0.1) is 0 Å². The zero-order valence-electron chi connectivity index (χ0n) is 11.7. The summed E-state index contributed by atoms with van der Waals surface area (Å²) in [6, 6.07) is 9.66. The van der Waals surface area contributed by atoms with Crippen molar-refractivity contribution in [1.82, 2.24) is 5.43 Å². The Hall–Kier alpha value is -3.16. The Morgan fingerprint density at radius 3 is 2.68 bits per heavy atom. The van der Waals surface area contributed by atoms with Crippen molar-refractivity contribution in [3.63, 3.8) is 0 Å². The molecule has 1 N–H and O–H groups in total. The molecule has 0 spiro atoms. The number of hydrogen-bond acceptors (Lipinski definition) is 6. The largest absolute Gasteiger partial charge is 0.497 e. The highest BCUT2D eigenvalue weighted by Crippen LogP contribution is 2.14. The maximum absolute atomic E-state index is 11.7. The van der Waals surface area contributed by atoms with Crippen molar-refractivity contribution in [3.8, 4) is 5.75 Å². The van der Waals surface area contributed by atoms with Crippen molar-refractivity contribution >= 4 is 18.0 Å². The van der Waals surface area contributed by atoms with Crippen molar-refractivity contribution < 1.29 is 18.9 Å². The van der Waals surface area contributed by atoms with Crippen LogP contribution in [-0.4, -0.2) is 24.2 Å². The fraction of sp³-hybridized carbons (Fsp3) is 0.143. The van der Waals surface area contributed by atoms with Crippen LogP contribution in [0.25, 0.3) is 0 Å². The molecule has 0 aliphatic carbocycles. The van der Waals surface area contributed by atoms with Gasteiger partial charge in [-0.25, -0.2) is 5.43 Å². The van der Waals surface area contributed by atoms with Crippen molar-refractivity contribution in [2.75, 3.05) is 7.11 Å². The molecule has 1 heterocycles. The maximum Gasteiger partial charge on any atom is 0.433 e. The van der Waals surface area contributed by atoms with Crippen molar-refractivity contribution in [1.29, 1.82) is 0 Å². The number of hydrogen-bond donors (Lipinski definition) is 1. The highest BCUT2D eigenvalue weighted by Gasteiger charge is 2.10. The molecule has 0 aliphatic heterocycles. The Labute approximate surface area is 125 Å². The first kappa shape index (κ1) is 15.2. The van der Waals surface area contributed by atoms with Gasteiger partial charge in [-0.1, -0.05) is 12.1 Å². The van der Waals surface area contributed by atoms with E-state index in [1.54, 1.807) is 31.4 Å². The minimum absolute atomic E-state index is 0.152. The monoisotopic (exact) mass is 303 g/mol. The van der Waals surface area contributed by atoms with Crippen LogP contribution in [0.4, 0.5) is 5.88 Å². The molecule has 0 atom stereocenters. The first-order chi connectivity index (χ1) is 10.6. The van der Waals surface area contributed by atoms with E-state index in [9.17, 15) is 14.9 Å². The Balaban J connectivity index is 1.85. The van der Waals surface area contributed by atoms with E-state index in [-0.39, 0.29) is 24.0 Å². The third-order valence-electron chi connectivity index (χ3n) is 2.70. The molecule has 2 aromatic rings. The van der Waals surface area contributed by atoms with E-state index in [2.05, 4.69) is 10.5 Å². The Morgan fingerprint density at radius 1 is 1.36 bits per heavy atom. The molecule has 0 aliphatic rings. The zero-order chi connectivity index (χ0) is 15.9. The van der Waals surface area contributed by atoms with Crippen LogP contribution in [0.15, 0.2) is 45.9 Å². The lowest BCUT2D eigenvalue weighted by molar-refractivity contribution is -0.402. The average molecular weight is 303 g/mol. The molecule has 1 aromatic carbocycles. The Kier molecular flexibility index (Phi) is 4.86. The van der Waals surface area contributed by atoms with Gasteiger partial charge < -0.3 is 9.15 Å². The van der Waals surface area contributed by atoms with E-state index in [0.717, 1.165) is 5.56 Å². The van der Waals surface area contributed by atoms with Crippen LogP contribution >= 0.6 is 0 Å². The van der Waals surface area contributed by atoms with Gasteiger partial charge in [0.1, 0.15) is 10.7 Å². The molecule has 0 unspecified atom stereocenters. The fourth-order valence-electron chi connectivity index (χ4n) is 1.65. The molecule has 2 rings (SSSR count). The van der Waals surface area contributed by atoms with E-state index >= 15 is 0 Å². The van der Waals surface area contributed by atoms with E-state index in [0.29, 0.717) is 5.75 Å². The summed E-state index contributed by atoms with van der Waals surface area (Å²) in [6.45, 7) is 0. The third kappa shape index (κ3) is 4.17. The number of carbonyl (C=O) groups is 1. The number of rotatable bonds is 6. The predicted octanol–water partition coefficient (Wildman–Crippen LogP) is 1.89. The third-order valence-corrected chi connectivity index (χ3v) is 2.70. The smallest absolute Gasteiger partial charge is 0.433 e. The van der Waals surface area contributed by atoms with Crippen LogP contribution in [0.3, 0.4) is 0 Å². The number of ether oxygens (including phenoxy) is 1. The summed E-state index contributed by atoms with van der Waals surface area (Å²) in [4.78, 5) is 21.5. The maximum atomic E-state index is 11.7. The average Bonchev–Trinajstić information content (AvgIpc) is 2.97. The number of nitro groups is 1. The molecule has 114 valence electrons. The second-order valence-corrected chi connectivity index (χ2v) is 4.25. The number of amides is 1. The number of nitrogens with one attached hydrogen (secondary N) is 1. The van der Waals surface area contributed by atoms with E-state index < -0.39 is 4.92 Å². The van der Waals surface area contributed by atoms with Gasteiger partial charge in [0.2, 0.25) is 5.91 Å². The summed E-state index contributed by atoms with van der Waals surface area (Å²) in [5.41, 5.74) is 3.12. The number of benzene rings is 1. The van der Waals surface area contributed by atoms with Gasteiger partial charge in [-0.05, 0) is 23.8 Å². The summed E-state index contributed by atoms with van der Waals surface area (Å²) >= 11 is 0. The van der Waals surface area contributed by atoms with Gasteiger partial charge in [0.25, 0.3) is 0 Å². The van der Waals surface area contributed by atoms with E-state index in [1.807, 2.05) is 0 Å². The molecular weight excluding hydrogens is 290 g/mol. The minimum atomic E-state index is -0.653. The van der Waals surface area contributed by atoms with Gasteiger partial charge in [-0.2, -0.15) is 5.10 Å². The van der Waals surface area contributed by atoms with Gasteiger partial charge in [0.05, 0.1) is 25.8 Å². The molecule has 8 nitrogen and oxygen atoms in total. The summed E-state index contributed by atoms with van der Waals surface area (Å²) in [6.07, 6.45) is 1.35. The van der Waals surface area contributed by atoms with Crippen LogP contribution < -0.4 is 10.2 Å². The number of furan rings is 1. The van der Waals surface area contributed by atoms with Crippen LogP contribution in [0.2, 0.25) is 0 Å². The highest BCUT2D eigenvalue weighted by atomic mass is 16.6. The Morgan fingerprint density at radius 2 is 2.09 bits per heavy atom. The van der Waals surface area contributed by atoms with E-state index in [4.69, 9.17) is 9.15 Å². The lowest BCUT2D eigenvalue weighted by atomic mass is 10.1. The normalized spacial score (nSPS) is 10.6. The van der Waals surface area contributed by atoms with Crippen LogP contribution in [0.5, 0.6) is 5.75 Å². The second kappa shape index (κ2) is 7.02. The number of methoxy groups -OCH3 is 1. The Bertz CT molecular complexity index is 691. The quantitative estimate of drug-likeness (QED) is 0.498. The summed E-state index contributed by atoms with van der Waals surface area (Å²) in [5, 5.41) is 14.1. The van der Waals surface area contributed by atoms with Crippen LogP contribution in [-0.2, 0) is 11.2 Å². The predicted molar refractivity (Wildman–Crippen MR) is 77.8 cm³/mol. The van der Waals surface area contributed by atoms with Gasteiger partial charge in [0, 0.05) is 0 Å². The number of hydrazone groups is 1. The molecular formula is C14H13N3O5. The molecule has 22 heavy (non-hydrogen) atoms. The zero-order valence-corrected chi connectivity index (χ0v) is 11.7. The SMILES string of the molecule is COc1ccc(CC(=O)N/N=C/c2ccc([N+](=O)[O-])o2)cc1. The topological polar surface area (TPSA) is 107 Å². The first-order valence-electron chi connectivity index (χ1n) is 6.27.